The van der Waals surface area contributed by atoms with Crippen LogP contribution in [0, 0.1) is 0 Å². The van der Waals surface area contributed by atoms with Gasteiger partial charge < -0.3 is 9.97 Å². The minimum absolute atomic E-state index is 0.896. The van der Waals surface area contributed by atoms with Gasteiger partial charge in [-0.1, -0.05) is 0 Å². The van der Waals surface area contributed by atoms with Gasteiger partial charge in [0.15, 0.2) is 0 Å². The zero-order chi connectivity index (χ0) is 19.2. The van der Waals surface area contributed by atoms with Crippen molar-refractivity contribution in [3.63, 3.8) is 0 Å². The molecule has 0 unspecified atom stereocenters. The second-order valence-electron chi connectivity index (χ2n) is 6.95. The number of H-pyrrole nitrogens is 2. The molecule has 29 heavy (non-hydrogen) atoms. The first-order valence-corrected chi connectivity index (χ1v) is 10.1. The Kier molecular flexibility index (Phi) is 3.57. The topological polar surface area (TPSA) is 70.2 Å². The van der Waals surface area contributed by atoms with Gasteiger partial charge in [0.2, 0.25) is 0 Å². The van der Waals surface area contributed by atoms with Gasteiger partial charge >= 0.3 is 0 Å². The van der Waals surface area contributed by atoms with E-state index in [-0.39, 0.29) is 0 Å². The molecular formula is C23H15N5S. The minimum Gasteiger partial charge on any atom is -0.355 e. The summed E-state index contributed by atoms with van der Waals surface area (Å²) in [6.07, 6.45) is 9.97. The molecule has 138 valence electrons. The van der Waals surface area contributed by atoms with Crippen LogP contribution in [0.3, 0.4) is 0 Å². The molecule has 0 saturated carbocycles. The standard InChI is InChI=1S/C23H15N5S/c1-2-15-8-17-5-6-19(27-17)11-22-21(23-12-24-13-29-23)10-20(28-22)9-18-4-3-16(26-18)7-14(1)25-15/h1-13,26,28H. The van der Waals surface area contributed by atoms with E-state index < -0.39 is 0 Å². The van der Waals surface area contributed by atoms with Gasteiger partial charge in [-0.3, -0.25) is 4.98 Å². The van der Waals surface area contributed by atoms with E-state index in [1.807, 2.05) is 48.1 Å². The lowest BCUT2D eigenvalue weighted by Crippen LogP contribution is -1.77. The maximum atomic E-state index is 4.73. The molecule has 5 nitrogen and oxygen atoms in total. The second kappa shape index (κ2) is 6.39. The molecule has 6 rings (SSSR count). The Morgan fingerprint density at radius 1 is 0.655 bits per heavy atom. The van der Waals surface area contributed by atoms with E-state index in [2.05, 4.69) is 50.3 Å². The number of nitrogens with zero attached hydrogens (tertiary/aromatic N) is 3. The van der Waals surface area contributed by atoms with Crippen LogP contribution in [0.15, 0.2) is 54.2 Å². The molecule has 6 heterocycles. The number of aromatic nitrogens is 5. The van der Waals surface area contributed by atoms with Crippen LogP contribution in [-0.4, -0.2) is 24.9 Å². The van der Waals surface area contributed by atoms with Crippen molar-refractivity contribution in [1.82, 2.24) is 24.9 Å². The number of hydrogen-bond acceptors (Lipinski definition) is 4. The zero-order valence-corrected chi connectivity index (χ0v) is 16.1. The van der Waals surface area contributed by atoms with E-state index >= 15 is 0 Å². The van der Waals surface area contributed by atoms with Crippen molar-refractivity contribution < 1.29 is 0 Å². The summed E-state index contributed by atoms with van der Waals surface area (Å²) in [5.74, 6) is 0. The lowest BCUT2D eigenvalue weighted by atomic mass is 10.2. The van der Waals surface area contributed by atoms with Crippen LogP contribution in [0.1, 0.15) is 22.8 Å². The number of thiazole rings is 1. The van der Waals surface area contributed by atoms with Gasteiger partial charge in [-0.25, -0.2) is 9.97 Å². The quantitative estimate of drug-likeness (QED) is 0.372. The van der Waals surface area contributed by atoms with Gasteiger partial charge in [-0.05, 0) is 66.8 Å². The molecule has 0 fully saturated rings. The van der Waals surface area contributed by atoms with E-state index in [4.69, 9.17) is 4.98 Å². The molecule has 2 aliphatic heterocycles. The lowest BCUT2D eigenvalue weighted by molar-refractivity contribution is 1.28. The molecule has 6 heteroatoms. The normalized spacial score (nSPS) is 12.6. The van der Waals surface area contributed by atoms with Gasteiger partial charge in [-0.2, -0.15) is 0 Å². The summed E-state index contributed by atoms with van der Waals surface area (Å²) in [6.45, 7) is 0. The van der Waals surface area contributed by atoms with Crippen LogP contribution in [0.25, 0.3) is 56.8 Å². The highest BCUT2D eigenvalue weighted by molar-refractivity contribution is 7.13. The molecule has 0 spiro atoms. The van der Waals surface area contributed by atoms with Crippen LogP contribution >= 0.6 is 11.3 Å². The van der Waals surface area contributed by atoms with Crippen molar-refractivity contribution in [2.24, 2.45) is 0 Å². The van der Waals surface area contributed by atoms with Crippen molar-refractivity contribution >= 4 is 57.7 Å². The van der Waals surface area contributed by atoms with Gasteiger partial charge in [0.1, 0.15) is 0 Å². The van der Waals surface area contributed by atoms with Crippen molar-refractivity contribution in [2.45, 2.75) is 0 Å². The Labute approximate surface area is 170 Å². The molecule has 0 amide bonds. The molecule has 0 radical (unpaired) electrons. The van der Waals surface area contributed by atoms with Crippen LogP contribution in [0.5, 0.6) is 0 Å². The molecular weight excluding hydrogens is 378 g/mol. The third kappa shape index (κ3) is 3.09. The Morgan fingerprint density at radius 3 is 2.07 bits per heavy atom. The van der Waals surface area contributed by atoms with Gasteiger partial charge in [0.05, 0.1) is 33.2 Å². The molecule has 2 N–H and O–H groups in total. The average Bonchev–Trinajstić information content (AvgIpc) is 3.50. The molecule has 2 aliphatic rings. The Hall–Kier alpha value is -3.77. The Balaban J connectivity index is 1.70. The molecule has 0 aliphatic carbocycles. The summed E-state index contributed by atoms with van der Waals surface area (Å²) in [6, 6.07) is 14.5. The fourth-order valence-corrected chi connectivity index (χ4v) is 4.22. The van der Waals surface area contributed by atoms with Crippen molar-refractivity contribution in [3.8, 4) is 10.4 Å². The van der Waals surface area contributed by atoms with E-state index in [0.29, 0.717) is 0 Å². The molecule has 8 bridgehead atoms. The SMILES string of the molecule is C1=Cc2cc3ccc(cc4cc(-c5cncs5)c(cc5nc(cc1n2)C=C5)[nH]4)[nH]3. The Bertz CT molecular complexity index is 1450. The number of fused-ring (bicyclic) bond motifs is 8. The summed E-state index contributed by atoms with van der Waals surface area (Å²) in [7, 11) is 0. The summed E-state index contributed by atoms with van der Waals surface area (Å²) < 4.78 is 0. The minimum atomic E-state index is 0.896. The lowest BCUT2D eigenvalue weighted by Gasteiger charge is -1.91. The van der Waals surface area contributed by atoms with Gasteiger partial charge in [-0.15, -0.1) is 11.3 Å². The number of nitrogens with one attached hydrogen (secondary N) is 2. The van der Waals surface area contributed by atoms with E-state index in [0.717, 1.165) is 55.3 Å². The fourth-order valence-electron chi connectivity index (χ4n) is 3.57. The first-order chi connectivity index (χ1) is 14.3. The van der Waals surface area contributed by atoms with Gasteiger partial charge in [0, 0.05) is 33.8 Å². The third-order valence-electron chi connectivity index (χ3n) is 4.87. The highest BCUT2D eigenvalue weighted by Gasteiger charge is 2.07. The summed E-state index contributed by atoms with van der Waals surface area (Å²) in [4.78, 5) is 21.7. The van der Waals surface area contributed by atoms with Gasteiger partial charge in [0.25, 0.3) is 0 Å². The van der Waals surface area contributed by atoms with Crippen molar-refractivity contribution in [3.05, 3.63) is 76.9 Å². The summed E-state index contributed by atoms with van der Waals surface area (Å²) in [5.41, 5.74) is 10.7. The van der Waals surface area contributed by atoms with Crippen LogP contribution in [-0.2, 0) is 0 Å². The summed E-state index contributed by atoms with van der Waals surface area (Å²) in [5, 5.41) is 0. The van der Waals surface area contributed by atoms with Crippen LogP contribution in [0.2, 0.25) is 0 Å². The second-order valence-corrected chi connectivity index (χ2v) is 7.84. The highest BCUT2D eigenvalue weighted by atomic mass is 32.1. The van der Waals surface area contributed by atoms with Crippen LogP contribution in [0.4, 0.5) is 0 Å². The predicted octanol–water partition coefficient (Wildman–Crippen LogP) is 5.78. The van der Waals surface area contributed by atoms with E-state index in [1.54, 1.807) is 11.3 Å². The molecule has 4 aromatic heterocycles. The number of hydrogen-bond donors (Lipinski definition) is 2. The maximum absolute atomic E-state index is 4.73. The van der Waals surface area contributed by atoms with E-state index in [1.165, 1.54) is 0 Å². The monoisotopic (exact) mass is 393 g/mol. The first kappa shape index (κ1) is 16.2. The molecule has 0 atom stereocenters. The smallest absolute Gasteiger partial charge is 0.0797 e. The third-order valence-corrected chi connectivity index (χ3v) is 5.67. The van der Waals surface area contributed by atoms with Crippen molar-refractivity contribution in [2.75, 3.05) is 0 Å². The molecule has 4 aromatic rings. The maximum Gasteiger partial charge on any atom is 0.0797 e. The largest absolute Gasteiger partial charge is 0.355 e. The van der Waals surface area contributed by atoms with Crippen molar-refractivity contribution in [1.29, 1.82) is 0 Å². The first-order valence-electron chi connectivity index (χ1n) is 9.26. The Morgan fingerprint density at radius 2 is 1.34 bits per heavy atom. The van der Waals surface area contributed by atoms with E-state index in [9.17, 15) is 0 Å². The average molecular weight is 393 g/mol. The molecule has 0 saturated heterocycles. The number of rotatable bonds is 1. The predicted molar refractivity (Wildman–Crippen MR) is 120 cm³/mol. The molecule has 0 aromatic carbocycles. The number of aromatic amines is 2. The van der Waals surface area contributed by atoms with Crippen LogP contribution < -0.4 is 0 Å². The summed E-state index contributed by atoms with van der Waals surface area (Å²) >= 11 is 1.63. The fraction of sp³-hybridized carbons (Fsp3) is 0. The highest BCUT2D eigenvalue weighted by Crippen LogP contribution is 2.30. The zero-order valence-electron chi connectivity index (χ0n) is 15.3.